The maximum absolute atomic E-state index is 5.75. The van der Waals surface area contributed by atoms with Crippen molar-refractivity contribution in [2.24, 2.45) is 0 Å². The van der Waals surface area contributed by atoms with Crippen LogP contribution in [0, 0.1) is 6.07 Å². The first-order valence-electron chi connectivity index (χ1n) is 6.43. The second-order valence-electron chi connectivity index (χ2n) is 4.34. The fourth-order valence-electron chi connectivity index (χ4n) is 1.91. The molecule has 0 aromatic heterocycles. The van der Waals surface area contributed by atoms with E-state index in [2.05, 4.69) is 31.2 Å². The average Bonchev–Trinajstić information content (AvgIpc) is 2.38. The van der Waals surface area contributed by atoms with Gasteiger partial charge in [0.25, 0.3) is 0 Å². The number of rotatable bonds is 6. The summed E-state index contributed by atoms with van der Waals surface area (Å²) in [5.41, 5.74) is 0. The molecule has 2 aromatic carbocycles. The molecule has 0 N–H and O–H groups in total. The van der Waals surface area contributed by atoms with E-state index in [1.807, 2.05) is 18.2 Å². The predicted octanol–water partition coefficient (Wildman–Crippen LogP) is 1.60. The summed E-state index contributed by atoms with van der Waals surface area (Å²) in [6.45, 7) is 3.05. The van der Waals surface area contributed by atoms with Gasteiger partial charge in [0.1, 0.15) is 5.75 Å². The van der Waals surface area contributed by atoms with E-state index in [4.69, 9.17) is 4.74 Å². The van der Waals surface area contributed by atoms with E-state index in [9.17, 15) is 0 Å². The van der Waals surface area contributed by atoms with E-state index < -0.39 is 0 Å². The molecule has 0 spiro atoms. The van der Waals surface area contributed by atoms with Gasteiger partial charge in [0, 0.05) is 0 Å². The molecule has 0 amide bonds. The Kier molecular flexibility index (Phi) is 6.94. The fourth-order valence-corrected chi connectivity index (χ4v) is 1.91. The van der Waals surface area contributed by atoms with Gasteiger partial charge in [-0.05, 0) is 18.6 Å². The maximum atomic E-state index is 5.75. The molecule has 0 saturated heterocycles. The fraction of sp³-hybridized carbons (Fsp3) is 0.375. The predicted molar refractivity (Wildman–Crippen MR) is 72.4 cm³/mol. The van der Waals surface area contributed by atoms with Crippen LogP contribution >= 0.6 is 0 Å². The van der Waals surface area contributed by atoms with Crippen LogP contribution in [0.3, 0.4) is 0 Å². The van der Waals surface area contributed by atoms with Crippen molar-refractivity contribution < 1.29 is 23.6 Å². The van der Waals surface area contributed by atoms with Crippen molar-refractivity contribution >= 4 is 10.8 Å². The molecule has 0 aliphatic rings. The molecular formula is C16H19LiO. The number of benzene rings is 2. The summed E-state index contributed by atoms with van der Waals surface area (Å²) in [6, 6.07) is 15.3. The zero-order valence-corrected chi connectivity index (χ0v) is 11.4. The monoisotopic (exact) mass is 234 g/mol. The first kappa shape index (κ1) is 15.2. The molecule has 0 heterocycles. The third kappa shape index (κ3) is 4.41. The molecule has 0 atom stereocenters. The van der Waals surface area contributed by atoms with E-state index in [0.717, 1.165) is 18.8 Å². The number of unbranched alkanes of at least 4 members (excludes halogenated alkanes) is 3. The zero-order chi connectivity index (χ0) is 11.9. The molecule has 2 heteroatoms. The zero-order valence-electron chi connectivity index (χ0n) is 11.4. The summed E-state index contributed by atoms with van der Waals surface area (Å²) >= 11 is 0. The molecule has 1 nitrogen and oxygen atoms in total. The Bertz CT molecular complexity index is 467. The van der Waals surface area contributed by atoms with Gasteiger partial charge in [-0.2, -0.15) is 24.3 Å². The van der Waals surface area contributed by atoms with Gasteiger partial charge in [-0.1, -0.05) is 26.2 Å². The third-order valence-corrected chi connectivity index (χ3v) is 2.92. The first-order valence-corrected chi connectivity index (χ1v) is 6.43. The average molecular weight is 234 g/mol. The van der Waals surface area contributed by atoms with Crippen molar-refractivity contribution in [3.05, 3.63) is 42.5 Å². The van der Waals surface area contributed by atoms with Crippen molar-refractivity contribution in [2.45, 2.75) is 32.6 Å². The molecule has 0 bridgehead atoms. The largest absolute Gasteiger partial charge is 1.00 e. The molecule has 0 aliphatic carbocycles. The summed E-state index contributed by atoms with van der Waals surface area (Å²) in [5, 5.41) is 2.43. The molecule has 18 heavy (non-hydrogen) atoms. The van der Waals surface area contributed by atoms with Crippen molar-refractivity contribution in [1.29, 1.82) is 0 Å². The normalized spacial score (nSPS) is 10.1. The number of ether oxygens (including phenoxy) is 1. The summed E-state index contributed by atoms with van der Waals surface area (Å²) < 4.78 is 5.75. The van der Waals surface area contributed by atoms with E-state index in [1.54, 1.807) is 0 Å². The second-order valence-corrected chi connectivity index (χ2v) is 4.34. The SMILES string of the molecule is CCCCCCOc1ccc2c[c-]ccc2c1.[Li+]. The quantitative estimate of drug-likeness (QED) is 0.419. The number of fused-ring (bicyclic) bond motifs is 1. The van der Waals surface area contributed by atoms with Crippen LogP contribution in [0.25, 0.3) is 10.8 Å². The van der Waals surface area contributed by atoms with Crippen LogP contribution < -0.4 is 23.6 Å². The van der Waals surface area contributed by atoms with E-state index in [0.29, 0.717) is 0 Å². The Morgan fingerprint density at radius 1 is 1.06 bits per heavy atom. The molecule has 0 unspecified atom stereocenters. The summed E-state index contributed by atoms with van der Waals surface area (Å²) in [4.78, 5) is 0. The standard InChI is InChI=1S/C16H19O.Li/c1-2-3-4-7-12-17-16-11-10-14-8-5-6-9-15(14)13-16;/h6,8-11,13H,2-4,7,12H2,1H3;/q-1;+1. The van der Waals surface area contributed by atoms with Crippen molar-refractivity contribution in [3.63, 3.8) is 0 Å². The Balaban J connectivity index is 0.00000162. The molecule has 2 aromatic rings. The molecule has 90 valence electrons. The van der Waals surface area contributed by atoms with Crippen LogP contribution in [0.4, 0.5) is 0 Å². The van der Waals surface area contributed by atoms with Crippen LogP contribution in [-0.4, -0.2) is 6.61 Å². The Morgan fingerprint density at radius 3 is 2.78 bits per heavy atom. The molecule has 0 fully saturated rings. The smallest absolute Gasteiger partial charge is 0.494 e. The molecule has 0 aliphatic heterocycles. The van der Waals surface area contributed by atoms with Gasteiger partial charge in [0.15, 0.2) is 0 Å². The summed E-state index contributed by atoms with van der Waals surface area (Å²) in [7, 11) is 0. The minimum absolute atomic E-state index is 0. The van der Waals surface area contributed by atoms with Gasteiger partial charge in [-0.15, -0.1) is 16.8 Å². The molecule has 2 rings (SSSR count). The molecule has 0 saturated carbocycles. The Morgan fingerprint density at radius 2 is 1.94 bits per heavy atom. The van der Waals surface area contributed by atoms with Crippen LogP contribution in [0.1, 0.15) is 32.6 Å². The molecular weight excluding hydrogens is 215 g/mol. The number of hydrogen-bond donors (Lipinski definition) is 0. The molecule has 0 radical (unpaired) electrons. The minimum Gasteiger partial charge on any atom is -0.494 e. The van der Waals surface area contributed by atoms with Gasteiger partial charge in [0.2, 0.25) is 0 Å². The van der Waals surface area contributed by atoms with Gasteiger partial charge in [-0.3, -0.25) is 0 Å². The topological polar surface area (TPSA) is 9.23 Å². The van der Waals surface area contributed by atoms with Crippen LogP contribution in [0.15, 0.2) is 36.4 Å². The minimum atomic E-state index is 0. The summed E-state index contributed by atoms with van der Waals surface area (Å²) in [6.07, 6.45) is 4.98. The van der Waals surface area contributed by atoms with E-state index in [-0.39, 0.29) is 18.9 Å². The van der Waals surface area contributed by atoms with Crippen molar-refractivity contribution in [1.82, 2.24) is 0 Å². The van der Waals surface area contributed by atoms with Crippen LogP contribution in [-0.2, 0) is 0 Å². The summed E-state index contributed by atoms with van der Waals surface area (Å²) in [5.74, 6) is 0.972. The Hall–Kier alpha value is -0.903. The van der Waals surface area contributed by atoms with E-state index >= 15 is 0 Å². The van der Waals surface area contributed by atoms with Gasteiger partial charge < -0.3 is 4.74 Å². The maximum Gasteiger partial charge on any atom is 1.00 e. The van der Waals surface area contributed by atoms with Crippen LogP contribution in [0.2, 0.25) is 0 Å². The van der Waals surface area contributed by atoms with Crippen LogP contribution in [0.5, 0.6) is 5.75 Å². The number of hydrogen-bond acceptors (Lipinski definition) is 1. The van der Waals surface area contributed by atoms with Crippen molar-refractivity contribution in [3.8, 4) is 5.75 Å². The van der Waals surface area contributed by atoms with E-state index in [1.165, 1.54) is 30.0 Å². The second kappa shape index (κ2) is 8.24. The van der Waals surface area contributed by atoms with Crippen molar-refractivity contribution in [2.75, 3.05) is 6.61 Å². The van der Waals surface area contributed by atoms with Gasteiger partial charge in [-0.25, -0.2) is 0 Å². The Labute approximate surface area is 122 Å². The first-order chi connectivity index (χ1) is 8.40. The third-order valence-electron chi connectivity index (χ3n) is 2.92. The van der Waals surface area contributed by atoms with Gasteiger partial charge in [0.05, 0.1) is 6.61 Å². The van der Waals surface area contributed by atoms with Gasteiger partial charge >= 0.3 is 18.9 Å².